The first-order valence-corrected chi connectivity index (χ1v) is 17.4. The minimum absolute atomic E-state index is 0.217. The molecule has 0 N–H and O–H groups in total. The smallest absolute Gasteiger partial charge is 0.145 e. The molecule has 1 aliphatic rings. The monoisotopic (exact) mass is 638 g/mol. The Morgan fingerprint density at radius 2 is 0.980 bits per heavy atom. The van der Waals surface area contributed by atoms with Crippen molar-refractivity contribution in [2.45, 2.75) is 19.3 Å². The predicted octanol–water partition coefficient (Wildman–Crippen LogP) is 12.6. The molecule has 2 nitrogen and oxygen atoms in total. The predicted molar refractivity (Wildman–Crippen MR) is 210 cm³/mol. The van der Waals surface area contributed by atoms with Crippen molar-refractivity contribution in [2.75, 3.05) is 0 Å². The standard InChI is InChI=1S/C48H34N2/c1-48(2)41-28-33(47-49-43-24-14-15-25-44(43)50(47)34-20-10-5-11-21-34)26-27-35(41)38-29-39-40(30-42(38)48)46(32-18-8-4-9-19-32)37-23-13-12-22-36(37)45(39)31-16-6-3-7-17-31/h3-30H,1-2H3. The molecule has 0 unspecified atom stereocenters. The molecule has 236 valence electrons. The zero-order chi connectivity index (χ0) is 33.4. The first kappa shape index (κ1) is 28.7. The van der Waals surface area contributed by atoms with E-state index in [-0.39, 0.29) is 5.41 Å². The van der Waals surface area contributed by atoms with Crippen molar-refractivity contribution in [2.24, 2.45) is 0 Å². The molecule has 0 bridgehead atoms. The summed E-state index contributed by atoms with van der Waals surface area (Å²) in [7, 11) is 0. The fourth-order valence-electron chi connectivity index (χ4n) is 8.43. The van der Waals surface area contributed by atoms with E-state index in [0.29, 0.717) is 0 Å². The van der Waals surface area contributed by atoms with Gasteiger partial charge in [-0.3, -0.25) is 4.57 Å². The van der Waals surface area contributed by atoms with E-state index in [4.69, 9.17) is 4.98 Å². The molecule has 9 aromatic rings. The SMILES string of the molecule is CC1(C)c2cc(-c3nc4ccccc4n3-c3ccccc3)ccc2-c2cc3c(-c4ccccc4)c4ccccc4c(-c4ccccc4)c3cc21. The van der Waals surface area contributed by atoms with Crippen LogP contribution in [0.15, 0.2) is 170 Å². The summed E-state index contributed by atoms with van der Waals surface area (Å²) in [6, 6.07) is 61.7. The summed E-state index contributed by atoms with van der Waals surface area (Å²) >= 11 is 0. The Bertz CT molecular complexity index is 2760. The third-order valence-corrected chi connectivity index (χ3v) is 10.8. The van der Waals surface area contributed by atoms with Gasteiger partial charge in [0.15, 0.2) is 0 Å². The highest BCUT2D eigenvalue weighted by molar-refractivity contribution is 6.22. The fourth-order valence-corrected chi connectivity index (χ4v) is 8.43. The molecule has 0 saturated carbocycles. The van der Waals surface area contributed by atoms with Crippen molar-refractivity contribution in [3.05, 3.63) is 181 Å². The molecule has 2 heteroatoms. The molecular weight excluding hydrogens is 605 g/mol. The van der Waals surface area contributed by atoms with Crippen LogP contribution in [0.5, 0.6) is 0 Å². The number of para-hydroxylation sites is 3. The molecular formula is C48H34N2. The van der Waals surface area contributed by atoms with Crippen LogP contribution in [-0.4, -0.2) is 9.55 Å². The van der Waals surface area contributed by atoms with Gasteiger partial charge in [-0.1, -0.05) is 141 Å². The van der Waals surface area contributed by atoms with Crippen LogP contribution in [0.3, 0.4) is 0 Å². The number of fused-ring (bicyclic) bond motifs is 6. The number of aromatic nitrogens is 2. The Morgan fingerprint density at radius 3 is 1.64 bits per heavy atom. The lowest BCUT2D eigenvalue weighted by molar-refractivity contribution is 0.661. The van der Waals surface area contributed by atoms with Crippen LogP contribution < -0.4 is 0 Å². The second-order valence-corrected chi connectivity index (χ2v) is 14.0. The maximum Gasteiger partial charge on any atom is 0.145 e. The van der Waals surface area contributed by atoms with Crippen molar-refractivity contribution in [3.8, 4) is 50.5 Å². The molecule has 10 rings (SSSR count). The zero-order valence-electron chi connectivity index (χ0n) is 28.1. The number of nitrogens with zero attached hydrogens (tertiary/aromatic N) is 2. The van der Waals surface area contributed by atoms with E-state index < -0.39 is 0 Å². The minimum Gasteiger partial charge on any atom is -0.292 e. The summed E-state index contributed by atoms with van der Waals surface area (Å²) < 4.78 is 2.30. The lowest BCUT2D eigenvalue weighted by Crippen LogP contribution is -2.15. The van der Waals surface area contributed by atoms with E-state index >= 15 is 0 Å². The number of hydrogen-bond acceptors (Lipinski definition) is 1. The minimum atomic E-state index is -0.217. The molecule has 0 fully saturated rings. The van der Waals surface area contributed by atoms with Gasteiger partial charge in [0, 0.05) is 16.7 Å². The lowest BCUT2D eigenvalue weighted by Gasteiger charge is -2.24. The van der Waals surface area contributed by atoms with Gasteiger partial charge in [0.05, 0.1) is 11.0 Å². The topological polar surface area (TPSA) is 17.8 Å². The third kappa shape index (κ3) is 4.18. The largest absolute Gasteiger partial charge is 0.292 e. The average molecular weight is 639 g/mol. The Balaban J connectivity index is 1.26. The fraction of sp³-hybridized carbons (Fsp3) is 0.0625. The molecule has 50 heavy (non-hydrogen) atoms. The van der Waals surface area contributed by atoms with Crippen molar-refractivity contribution in [1.29, 1.82) is 0 Å². The summed E-state index contributed by atoms with van der Waals surface area (Å²) in [4.78, 5) is 5.21. The maximum absolute atomic E-state index is 5.21. The molecule has 0 amide bonds. The van der Waals surface area contributed by atoms with Crippen molar-refractivity contribution in [3.63, 3.8) is 0 Å². The number of hydrogen-bond donors (Lipinski definition) is 0. The Morgan fingerprint density at radius 1 is 0.440 bits per heavy atom. The molecule has 1 aromatic heterocycles. The Hall–Kier alpha value is -6.25. The lowest BCUT2D eigenvalue weighted by atomic mass is 9.79. The Kier molecular flexibility index (Phi) is 6.25. The number of rotatable bonds is 4. The van der Waals surface area contributed by atoms with Crippen molar-refractivity contribution < 1.29 is 0 Å². The van der Waals surface area contributed by atoms with E-state index in [1.165, 1.54) is 66.1 Å². The first-order chi connectivity index (χ1) is 24.6. The highest BCUT2D eigenvalue weighted by atomic mass is 15.1. The molecule has 8 aromatic carbocycles. The van der Waals surface area contributed by atoms with Crippen molar-refractivity contribution in [1.82, 2.24) is 9.55 Å². The summed E-state index contributed by atoms with van der Waals surface area (Å²) in [5.41, 5.74) is 14.5. The van der Waals surface area contributed by atoms with Gasteiger partial charge in [0.1, 0.15) is 5.82 Å². The van der Waals surface area contributed by atoms with Gasteiger partial charge in [-0.05, 0) is 109 Å². The molecule has 0 saturated heterocycles. The molecule has 0 aliphatic heterocycles. The quantitative estimate of drug-likeness (QED) is 0.175. The van der Waals surface area contributed by atoms with Crippen LogP contribution in [0.1, 0.15) is 25.0 Å². The van der Waals surface area contributed by atoms with Crippen LogP contribution in [-0.2, 0) is 5.41 Å². The van der Waals surface area contributed by atoms with Crippen LogP contribution in [0.2, 0.25) is 0 Å². The van der Waals surface area contributed by atoms with E-state index in [0.717, 1.165) is 28.1 Å². The normalized spacial score (nSPS) is 13.2. The highest BCUT2D eigenvalue weighted by Crippen LogP contribution is 2.54. The van der Waals surface area contributed by atoms with E-state index in [9.17, 15) is 0 Å². The molecule has 1 aliphatic carbocycles. The van der Waals surface area contributed by atoms with Gasteiger partial charge in [-0.2, -0.15) is 0 Å². The van der Waals surface area contributed by atoms with Crippen molar-refractivity contribution >= 4 is 32.6 Å². The summed E-state index contributed by atoms with van der Waals surface area (Å²) in [6.07, 6.45) is 0. The molecule has 1 heterocycles. The van der Waals surface area contributed by atoms with Gasteiger partial charge in [0.2, 0.25) is 0 Å². The zero-order valence-corrected chi connectivity index (χ0v) is 28.1. The molecule has 0 radical (unpaired) electrons. The number of benzene rings is 8. The second-order valence-electron chi connectivity index (χ2n) is 14.0. The van der Waals surface area contributed by atoms with Gasteiger partial charge in [-0.15, -0.1) is 0 Å². The van der Waals surface area contributed by atoms with Gasteiger partial charge >= 0.3 is 0 Å². The van der Waals surface area contributed by atoms with Gasteiger partial charge in [-0.25, -0.2) is 4.98 Å². The summed E-state index contributed by atoms with van der Waals surface area (Å²) in [6.45, 7) is 4.77. The third-order valence-electron chi connectivity index (χ3n) is 10.8. The van der Waals surface area contributed by atoms with Crippen LogP contribution >= 0.6 is 0 Å². The van der Waals surface area contributed by atoms with Gasteiger partial charge < -0.3 is 0 Å². The van der Waals surface area contributed by atoms with E-state index in [2.05, 4.69) is 188 Å². The Labute approximate surface area is 291 Å². The van der Waals surface area contributed by atoms with E-state index in [1.54, 1.807) is 0 Å². The summed E-state index contributed by atoms with van der Waals surface area (Å²) in [5.74, 6) is 0.959. The second kappa shape index (κ2) is 10.9. The average Bonchev–Trinajstić information content (AvgIpc) is 3.66. The highest BCUT2D eigenvalue weighted by Gasteiger charge is 2.37. The van der Waals surface area contributed by atoms with Gasteiger partial charge in [0.25, 0.3) is 0 Å². The molecule has 0 spiro atoms. The van der Waals surface area contributed by atoms with Crippen LogP contribution in [0, 0.1) is 0 Å². The summed E-state index contributed by atoms with van der Waals surface area (Å²) in [5, 5.41) is 5.13. The molecule has 0 atom stereocenters. The first-order valence-electron chi connectivity index (χ1n) is 17.4. The van der Waals surface area contributed by atoms with Crippen LogP contribution in [0.25, 0.3) is 83.0 Å². The number of imidazole rings is 1. The van der Waals surface area contributed by atoms with E-state index in [1.807, 2.05) is 0 Å². The van der Waals surface area contributed by atoms with Crippen LogP contribution in [0.4, 0.5) is 0 Å². The maximum atomic E-state index is 5.21.